The van der Waals surface area contributed by atoms with Crippen molar-refractivity contribution in [2.24, 2.45) is 11.8 Å². The molecule has 10 heteroatoms. The summed E-state index contributed by atoms with van der Waals surface area (Å²) in [5.74, 6) is 0.655. The minimum atomic E-state index is -4.59. The third-order valence-corrected chi connectivity index (χ3v) is 6.71. The van der Waals surface area contributed by atoms with Crippen molar-refractivity contribution in [2.75, 3.05) is 10.6 Å². The van der Waals surface area contributed by atoms with Gasteiger partial charge in [0.2, 0.25) is 11.8 Å². The van der Waals surface area contributed by atoms with Crippen LogP contribution in [-0.4, -0.2) is 21.9 Å². The van der Waals surface area contributed by atoms with Crippen LogP contribution >= 0.6 is 0 Å². The van der Waals surface area contributed by atoms with Crippen molar-refractivity contribution in [3.63, 3.8) is 0 Å². The molecule has 2 amide bonds. The number of nitrogens with zero attached hydrogens (tertiary/aromatic N) is 1. The fourth-order valence-corrected chi connectivity index (χ4v) is 4.54. The number of hydrogen-bond donors (Lipinski definition) is 3. The Morgan fingerprint density at radius 1 is 0.921 bits per heavy atom. The summed E-state index contributed by atoms with van der Waals surface area (Å²) in [6, 6.07) is 12.0. The number of aliphatic hydroxyl groups is 1. The number of benzene rings is 2. The zero-order chi connectivity index (χ0) is 26.9. The van der Waals surface area contributed by atoms with Crippen molar-refractivity contribution in [1.82, 2.24) is 4.98 Å². The van der Waals surface area contributed by atoms with Gasteiger partial charge in [0.25, 0.3) is 0 Å². The molecule has 2 aromatic carbocycles. The first-order valence-electron chi connectivity index (χ1n) is 12.4. The number of fused-ring (bicyclic) bond motifs is 1. The van der Waals surface area contributed by atoms with Crippen molar-refractivity contribution >= 4 is 23.3 Å². The molecule has 1 unspecified atom stereocenters. The number of halogens is 3. The number of carbonyl (C=O) groups excluding carboxylic acids is 2. The number of rotatable bonds is 7. The Labute approximate surface area is 217 Å². The first-order chi connectivity index (χ1) is 18.2. The van der Waals surface area contributed by atoms with Crippen LogP contribution in [-0.2, 0) is 35.2 Å². The maximum atomic E-state index is 13.2. The molecule has 7 nitrogen and oxygen atoms in total. The predicted octanol–water partition coefficient (Wildman–Crippen LogP) is 5.48. The normalized spacial score (nSPS) is 16.9. The standard InChI is InChI=1S/C28H26F3N3O4/c29-28(30,31)21-9-16(15-35)10-22(13-21)33-27(37)19-4-1-17-5-6-23(12-20(17)11-19)38-24-7-8-32-25(14-24)34-26(36)18-2-3-18/h5-10,12-14,18-19,35H,1-4,11,15H2,(H,33,37)(H,32,34,36). The number of aliphatic hydroxyl groups excluding tert-OH is 1. The van der Waals surface area contributed by atoms with E-state index in [0.29, 0.717) is 36.6 Å². The third-order valence-electron chi connectivity index (χ3n) is 6.71. The van der Waals surface area contributed by atoms with E-state index in [4.69, 9.17) is 4.74 Å². The zero-order valence-corrected chi connectivity index (χ0v) is 20.3. The Morgan fingerprint density at radius 3 is 2.42 bits per heavy atom. The van der Waals surface area contributed by atoms with E-state index >= 15 is 0 Å². The topological polar surface area (TPSA) is 101 Å². The molecule has 3 N–H and O–H groups in total. The smallest absolute Gasteiger partial charge is 0.416 e. The van der Waals surface area contributed by atoms with Gasteiger partial charge in [-0.1, -0.05) is 6.07 Å². The third kappa shape index (κ3) is 6.13. The lowest BCUT2D eigenvalue weighted by molar-refractivity contribution is -0.137. The minimum absolute atomic E-state index is 0.000904. The van der Waals surface area contributed by atoms with Gasteiger partial charge in [0.15, 0.2) is 0 Å². The number of anilines is 2. The minimum Gasteiger partial charge on any atom is -0.457 e. The number of amides is 2. The SMILES string of the molecule is O=C(Nc1cc(CO)cc(C(F)(F)F)c1)C1CCc2ccc(Oc3ccnc(NC(=O)C4CC4)c3)cc2C1. The molecule has 1 heterocycles. The highest BCUT2D eigenvalue weighted by atomic mass is 19.4. The van der Waals surface area contributed by atoms with Gasteiger partial charge in [-0.3, -0.25) is 9.59 Å². The van der Waals surface area contributed by atoms with E-state index in [0.717, 1.165) is 36.1 Å². The van der Waals surface area contributed by atoms with E-state index in [1.54, 1.807) is 18.3 Å². The molecular formula is C28H26F3N3O4. The molecule has 3 aromatic rings. The Kier molecular flexibility index (Phi) is 7.07. The summed E-state index contributed by atoms with van der Waals surface area (Å²) in [6.45, 7) is -0.571. The second-order valence-electron chi connectivity index (χ2n) is 9.68. The van der Waals surface area contributed by atoms with Gasteiger partial charge in [-0.2, -0.15) is 13.2 Å². The van der Waals surface area contributed by atoms with Gasteiger partial charge in [-0.25, -0.2) is 4.98 Å². The number of alkyl halides is 3. The molecule has 1 atom stereocenters. The second-order valence-corrected chi connectivity index (χ2v) is 9.68. The summed E-state index contributed by atoms with van der Waals surface area (Å²) in [4.78, 5) is 29.1. The van der Waals surface area contributed by atoms with Crippen LogP contribution in [0.2, 0.25) is 0 Å². The maximum Gasteiger partial charge on any atom is 0.416 e. The number of aromatic nitrogens is 1. The first-order valence-corrected chi connectivity index (χ1v) is 12.4. The largest absolute Gasteiger partial charge is 0.457 e. The average Bonchev–Trinajstić information content (AvgIpc) is 3.73. The summed E-state index contributed by atoms with van der Waals surface area (Å²) in [7, 11) is 0. The Morgan fingerprint density at radius 2 is 1.68 bits per heavy atom. The summed E-state index contributed by atoms with van der Waals surface area (Å²) in [5.41, 5.74) is 1.14. The molecule has 0 aliphatic heterocycles. The molecule has 1 aromatic heterocycles. The molecule has 5 rings (SSSR count). The van der Waals surface area contributed by atoms with Crippen molar-refractivity contribution < 1.29 is 32.6 Å². The molecule has 198 valence electrons. The number of nitrogens with one attached hydrogen (secondary N) is 2. The maximum absolute atomic E-state index is 13.2. The van der Waals surface area contributed by atoms with Crippen LogP contribution in [0.4, 0.5) is 24.7 Å². The number of ether oxygens (including phenoxy) is 1. The number of hydrogen-bond acceptors (Lipinski definition) is 5. The van der Waals surface area contributed by atoms with Crippen LogP contribution in [0.25, 0.3) is 0 Å². The number of carbonyl (C=O) groups is 2. The highest BCUT2D eigenvalue weighted by Gasteiger charge is 2.32. The molecule has 0 saturated heterocycles. The van der Waals surface area contributed by atoms with Crippen LogP contribution in [0.5, 0.6) is 11.5 Å². The van der Waals surface area contributed by atoms with E-state index in [-0.39, 0.29) is 29.0 Å². The molecule has 0 bridgehead atoms. The highest BCUT2D eigenvalue weighted by Crippen LogP contribution is 2.34. The summed E-state index contributed by atoms with van der Waals surface area (Å²) >= 11 is 0. The van der Waals surface area contributed by atoms with Gasteiger partial charge in [0, 0.05) is 29.8 Å². The molecule has 2 aliphatic rings. The molecule has 1 saturated carbocycles. The van der Waals surface area contributed by atoms with Gasteiger partial charge in [-0.15, -0.1) is 0 Å². The molecule has 1 fully saturated rings. The van der Waals surface area contributed by atoms with Gasteiger partial charge < -0.3 is 20.5 Å². The molecule has 2 aliphatic carbocycles. The number of aryl methyl sites for hydroxylation is 1. The van der Waals surface area contributed by atoms with Crippen molar-refractivity contribution in [3.05, 3.63) is 77.0 Å². The van der Waals surface area contributed by atoms with E-state index in [1.165, 1.54) is 6.07 Å². The van der Waals surface area contributed by atoms with Crippen molar-refractivity contribution in [1.29, 1.82) is 0 Å². The Hall–Kier alpha value is -3.92. The van der Waals surface area contributed by atoms with Crippen LogP contribution in [0, 0.1) is 11.8 Å². The zero-order valence-electron chi connectivity index (χ0n) is 20.3. The monoisotopic (exact) mass is 525 g/mol. The summed E-state index contributed by atoms with van der Waals surface area (Å²) in [5, 5.41) is 14.7. The van der Waals surface area contributed by atoms with E-state index in [2.05, 4.69) is 15.6 Å². The number of pyridine rings is 1. The second kappa shape index (κ2) is 10.4. The van der Waals surface area contributed by atoms with Crippen LogP contribution in [0.3, 0.4) is 0 Å². The van der Waals surface area contributed by atoms with E-state index in [9.17, 15) is 27.9 Å². The summed E-state index contributed by atoms with van der Waals surface area (Å²) < 4.78 is 45.6. The molecule has 0 radical (unpaired) electrons. The lowest BCUT2D eigenvalue weighted by Crippen LogP contribution is -2.28. The predicted molar refractivity (Wildman–Crippen MR) is 134 cm³/mol. The quantitative estimate of drug-likeness (QED) is 0.380. The molecule has 38 heavy (non-hydrogen) atoms. The van der Waals surface area contributed by atoms with E-state index in [1.807, 2.05) is 18.2 Å². The first kappa shape index (κ1) is 25.7. The Balaban J connectivity index is 1.26. The van der Waals surface area contributed by atoms with Crippen molar-refractivity contribution in [2.45, 2.75) is 44.9 Å². The van der Waals surface area contributed by atoms with Gasteiger partial charge >= 0.3 is 6.18 Å². The van der Waals surface area contributed by atoms with Gasteiger partial charge in [0.05, 0.1) is 12.2 Å². The van der Waals surface area contributed by atoms with Gasteiger partial charge in [0.1, 0.15) is 17.3 Å². The lowest BCUT2D eigenvalue weighted by atomic mass is 9.83. The lowest BCUT2D eigenvalue weighted by Gasteiger charge is -2.25. The van der Waals surface area contributed by atoms with E-state index < -0.39 is 24.3 Å². The fraction of sp³-hybridized carbons (Fsp3) is 0.321. The molecular weight excluding hydrogens is 499 g/mol. The average molecular weight is 526 g/mol. The van der Waals surface area contributed by atoms with Crippen LogP contribution < -0.4 is 15.4 Å². The van der Waals surface area contributed by atoms with Gasteiger partial charge in [-0.05, 0) is 85.2 Å². The highest BCUT2D eigenvalue weighted by molar-refractivity contribution is 5.93. The van der Waals surface area contributed by atoms with Crippen LogP contribution in [0.1, 0.15) is 41.5 Å². The Bertz CT molecular complexity index is 1370. The molecule has 0 spiro atoms. The fourth-order valence-electron chi connectivity index (χ4n) is 4.54. The van der Waals surface area contributed by atoms with Crippen molar-refractivity contribution in [3.8, 4) is 11.5 Å². The summed E-state index contributed by atoms with van der Waals surface area (Å²) in [6.07, 6.45) is 0.336. The van der Waals surface area contributed by atoms with Crippen LogP contribution in [0.15, 0.2) is 54.7 Å².